The van der Waals surface area contributed by atoms with Crippen molar-refractivity contribution in [3.8, 4) is 0 Å². The van der Waals surface area contributed by atoms with Gasteiger partial charge in [-0.25, -0.2) is 12.7 Å². The predicted molar refractivity (Wildman–Crippen MR) is 106 cm³/mol. The fourth-order valence-corrected chi connectivity index (χ4v) is 3.75. The molecule has 0 fully saturated rings. The summed E-state index contributed by atoms with van der Waals surface area (Å²) in [5.74, 6) is -0.134. The molecule has 0 radical (unpaired) electrons. The summed E-state index contributed by atoms with van der Waals surface area (Å²) in [6, 6.07) is 4.84. The average molecular weight is 380 g/mol. The van der Waals surface area contributed by atoms with Crippen LogP contribution in [0.15, 0.2) is 35.2 Å². The lowest BCUT2D eigenvalue weighted by molar-refractivity contribution is -0.120. The Balaban J connectivity index is 2.28. The number of nitrogens with one attached hydrogen (secondary N) is 2. The number of benzene rings is 1. The maximum absolute atomic E-state index is 12.6. The highest BCUT2D eigenvalue weighted by molar-refractivity contribution is 7.89. The van der Waals surface area contributed by atoms with Crippen molar-refractivity contribution in [3.63, 3.8) is 0 Å². The van der Waals surface area contributed by atoms with Crippen LogP contribution in [0.4, 0.5) is 11.4 Å². The van der Waals surface area contributed by atoms with Gasteiger partial charge in [-0.1, -0.05) is 25.5 Å². The van der Waals surface area contributed by atoms with Crippen LogP contribution in [-0.4, -0.2) is 39.3 Å². The van der Waals surface area contributed by atoms with Gasteiger partial charge in [-0.05, 0) is 43.9 Å². The summed E-state index contributed by atoms with van der Waals surface area (Å²) in [6.45, 7) is 2.87. The summed E-state index contributed by atoms with van der Waals surface area (Å²) >= 11 is 0. The first kappa shape index (κ1) is 20.5. The van der Waals surface area contributed by atoms with E-state index >= 15 is 0 Å². The summed E-state index contributed by atoms with van der Waals surface area (Å²) in [6.07, 6.45) is 8.60. The van der Waals surface area contributed by atoms with Crippen LogP contribution in [0.25, 0.3) is 0 Å². The Bertz CT molecular complexity index is 757. The highest BCUT2D eigenvalue weighted by Crippen LogP contribution is 2.28. The molecule has 26 heavy (non-hydrogen) atoms. The van der Waals surface area contributed by atoms with E-state index in [1.807, 2.05) is 6.08 Å². The topological polar surface area (TPSA) is 78.5 Å². The van der Waals surface area contributed by atoms with Gasteiger partial charge in [0.25, 0.3) is 0 Å². The number of sulfonamides is 1. The molecule has 2 rings (SSSR count). The number of amides is 1. The second kappa shape index (κ2) is 9.19. The Kier molecular flexibility index (Phi) is 7.23. The maximum atomic E-state index is 12.6. The second-order valence-corrected chi connectivity index (χ2v) is 8.90. The first-order valence-electron chi connectivity index (χ1n) is 9.12. The Morgan fingerprint density at radius 3 is 2.62 bits per heavy atom. The minimum atomic E-state index is -3.56. The smallest absolute Gasteiger partial charge is 0.242 e. The number of carbonyl (C=O) groups excluding carboxylic acids is 1. The highest BCUT2D eigenvalue weighted by Gasteiger charge is 2.22. The van der Waals surface area contributed by atoms with Gasteiger partial charge in [-0.2, -0.15) is 0 Å². The third-order valence-corrected chi connectivity index (χ3v) is 6.32. The highest BCUT2D eigenvalue weighted by atomic mass is 32.2. The molecular weight excluding hydrogens is 350 g/mol. The minimum Gasteiger partial charge on any atom is -0.383 e. The molecule has 1 aliphatic carbocycles. The Labute approximate surface area is 156 Å². The number of nitrogens with zero attached hydrogens (tertiary/aromatic N) is 1. The molecule has 0 aromatic heterocycles. The lowest BCUT2D eigenvalue weighted by atomic mass is 9.93. The zero-order chi connectivity index (χ0) is 19.2. The summed E-state index contributed by atoms with van der Waals surface area (Å²) in [5.41, 5.74) is 1.26. The van der Waals surface area contributed by atoms with Crippen molar-refractivity contribution in [2.75, 3.05) is 31.3 Å². The van der Waals surface area contributed by atoms with Gasteiger partial charge in [-0.3, -0.25) is 4.79 Å². The van der Waals surface area contributed by atoms with Crippen molar-refractivity contribution in [2.24, 2.45) is 5.92 Å². The predicted octanol–water partition coefficient (Wildman–Crippen LogP) is 3.44. The van der Waals surface area contributed by atoms with Crippen LogP contribution in [0.5, 0.6) is 0 Å². The number of hydrogen-bond donors (Lipinski definition) is 2. The van der Waals surface area contributed by atoms with Crippen LogP contribution in [0.2, 0.25) is 0 Å². The molecule has 0 heterocycles. The SMILES string of the molecule is CCCCNc1ccc(S(=O)(=O)N(C)C)cc1NC(=O)[C@H]1CC=CCC1. The van der Waals surface area contributed by atoms with Gasteiger partial charge in [-0.15, -0.1) is 0 Å². The molecule has 2 N–H and O–H groups in total. The molecule has 1 aliphatic rings. The van der Waals surface area contributed by atoms with Gasteiger partial charge >= 0.3 is 0 Å². The lowest BCUT2D eigenvalue weighted by Crippen LogP contribution is -2.25. The zero-order valence-corrected chi connectivity index (χ0v) is 16.6. The number of unbranched alkanes of at least 4 members (excludes halogenated alkanes) is 1. The lowest BCUT2D eigenvalue weighted by Gasteiger charge is -2.20. The normalized spacial score (nSPS) is 17.3. The number of allylic oxidation sites excluding steroid dienone is 2. The maximum Gasteiger partial charge on any atom is 0.242 e. The largest absolute Gasteiger partial charge is 0.383 e. The molecule has 1 aromatic carbocycles. The first-order valence-corrected chi connectivity index (χ1v) is 10.6. The Hall–Kier alpha value is -1.86. The van der Waals surface area contributed by atoms with E-state index in [2.05, 4.69) is 23.6 Å². The minimum absolute atomic E-state index is 0.0627. The van der Waals surface area contributed by atoms with E-state index in [9.17, 15) is 13.2 Å². The van der Waals surface area contributed by atoms with Crippen molar-refractivity contribution >= 4 is 27.3 Å². The van der Waals surface area contributed by atoms with E-state index in [4.69, 9.17) is 0 Å². The Morgan fingerprint density at radius 2 is 2.00 bits per heavy atom. The monoisotopic (exact) mass is 379 g/mol. The van der Waals surface area contributed by atoms with Crippen LogP contribution in [0.1, 0.15) is 39.0 Å². The van der Waals surface area contributed by atoms with Gasteiger partial charge in [0.2, 0.25) is 15.9 Å². The molecule has 6 nitrogen and oxygen atoms in total. The third-order valence-electron chi connectivity index (χ3n) is 4.51. The standard InChI is InChI=1S/C19H29N3O3S/c1-4-5-13-20-17-12-11-16(26(24,25)22(2)3)14-18(17)21-19(23)15-9-7-6-8-10-15/h6-7,11-12,14-15,20H,4-5,8-10,13H2,1-3H3,(H,21,23)/t15-/m0/s1. The third kappa shape index (κ3) is 5.08. The molecular formula is C19H29N3O3S. The molecule has 0 saturated heterocycles. The van der Waals surface area contributed by atoms with Crippen LogP contribution in [0.3, 0.4) is 0 Å². The summed E-state index contributed by atoms with van der Waals surface area (Å²) in [4.78, 5) is 12.8. The number of anilines is 2. The summed E-state index contributed by atoms with van der Waals surface area (Å²) in [7, 11) is -0.568. The first-order chi connectivity index (χ1) is 12.4. The van der Waals surface area contributed by atoms with Gasteiger partial charge in [0.1, 0.15) is 0 Å². The number of carbonyl (C=O) groups is 1. The molecule has 0 spiro atoms. The number of hydrogen-bond acceptors (Lipinski definition) is 4. The van der Waals surface area contributed by atoms with Gasteiger partial charge in [0.15, 0.2) is 0 Å². The van der Waals surface area contributed by atoms with E-state index in [-0.39, 0.29) is 16.7 Å². The fourth-order valence-electron chi connectivity index (χ4n) is 2.82. The van der Waals surface area contributed by atoms with Crippen LogP contribution >= 0.6 is 0 Å². The zero-order valence-electron chi connectivity index (χ0n) is 15.8. The second-order valence-electron chi connectivity index (χ2n) is 6.75. The molecule has 7 heteroatoms. The molecule has 0 bridgehead atoms. The van der Waals surface area contributed by atoms with E-state index < -0.39 is 10.0 Å². The van der Waals surface area contributed by atoms with Gasteiger partial charge in [0, 0.05) is 26.6 Å². The van der Waals surface area contributed by atoms with Crippen LogP contribution in [-0.2, 0) is 14.8 Å². The van der Waals surface area contributed by atoms with Gasteiger partial charge in [0.05, 0.1) is 16.3 Å². The van der Waals surface area contributed by atoms with Crippen molar-refractivity contribution in [1.29, 1.82) is 0 Å². The Morgan fingerprint density at radius 1 is 1.23 bits per heavy atom. The van der Waals surface area contributed by atoms with Crippen LogP contribution in [0, 0.1) is 5.92 Å². The van der Waals surface area contributed by atoms with Crippen molar-refractivity contribution in [3.05, 3.63) is 30.4 Å². The molecule has 1 atom stereocenters. The van der Waals surface area contributed by atoms with E-state index in [1.54, 1.807) is 18.2 Å². The number of rotatable bonds is 8. The van der Waals surface area contributed by atoms with Crippen LogP contribution < -0.4 is 10.6 Å². The van der Waals surface area contributed by atoms with E-state index in [1.165, 1.54) is 18.4 Å². The van der Waals surface area contributed by atoms with Crippen molar-refractivity contribution in [2.45, 2.75) is 43.9 Å². The van der Waals surface area contributed by atoms with Crippen molar-refractivity contribution in [1.82, 2.24) is 4.31 Å². The molecule has 144 valence electrons. The summed E-state index contributed by atoms with van der Waals surface area (Å²) in [5, 5.41) is 6.23. The van der Waals surface area contributed by atoms with Gasteiger partial charge < -0.3 is 10.6 Å². The molecule has 0 aliphatic heterocycles. The molecule has 0 saturated carbocycles. The molecule has 0 unspecified atom stereocenters. The molecule has 1 amide bonds. The van der Waals surface area contributed by atoms with E-state index in [0.717, 1.165) is 44.3 Å². The fraction of sp³-hybridized carbons (Fsp3) is 0.526. The van der Waals surface area contributed by atoms with Crippen molar-refractivity contribution < 1.29 is 13.2 Å². The molecule has 1 aromatic rings. The van der Waals surface area contributed by atoms with E-state index in [0.29, 0.717) is 5.69 Å². The quantitative estimate of drug-likeness (QED) is 0.536. The average Bonchev–Trinajstić information content (AvgIpc) is 2.63. The summed E-state index contributed by atoms with van der Waals surface area (Å²) < 4.78 is 26.0.